The van der Waals surface area contributed by atoms with Gasteiger partial charge in [-0.05, 0) is 50.4 Å². The predicted molar refractivity (Wildman–Crippen MR) is 62.4 cm³/mol. The number of ether oxygens (including phenoxy) is 1. The average Bonchev–Trinajstić information content (AvgIpc) is 2.71. The molecule has 0 bridgehead atoms. The van der Waals surface area contributed by atoms with Crippen LogP contribution in [0.4, 0.5) is 0 Å². The Morgan fingerprint density at radius 3 is 2.53 bits per heavy atom. The molecule has 0 aromatic heterocycles. The first-order chi connectivity index (χ1) is 7.25. The van der Waals surface area contributed by atoms with E-state index in [0.717, 1.165) is 18.8 Å². The molecule has 1 aliphatic heterocycles. The van der Waals surface area contributed by atoms with Gasteiger partial charge in [-0.1, -0.05) is 12.1 Å². The van der Waals surface area contributed by atoms with E-state index in [1.54, 1.807) is 0 Å². The molecule has 0 saturated carbocycles. The van der Waals surface area contributed by atoms with Gasteiger partial charge in [-0.2, -0.15) is 0 Å². The third-order valence-corrected chi connectivity index (χ3v) is 2.78. The van der Waals surface area contributed by atoms with E-state index in [4.69, 9.17) is 4.74 Å². The fraction of sp³-hybridized carbons (Fsp3) is 0.538. The van der Waals surface area contributed by atoms with Crippen LogP contribution in [0.2, 0.25) is 0 Å². The second kappa shape index (κ2) is 4.67. The summed E-state index contributed by atoms with van der Waals surface area (Å²) in [5, 5.41) is 3.39. The van der Waals surface area contributed by atoms with Crippen LogP contribution >= 0.6 is 0 Å². The smallest absolute Gasteiger partial charge is 0.119 e. The Bertz CT molecular complexity index is 299. The van der Waals surface area contributed by atoms with Gasteiger partial charge < -0.3 is 10.1 Å². The molecule has 1 heterocycles. The normalized spacial score (nSPS) is 20.9. The highest BCUT2D eigenvalue weighted by atomic mass is 16.5. The van der Waals surface area contributed by atoms with Gasteiger partial charge in [-0.25, -0.2) is 0 Å². The zero-order valence-corrected chi connectivity index (χ0v) is 9.49. The largest absolute Gasteiger partial charge is 0.491 e. The highest BCUT2D eigenvalue weighted by Crippen LogP contribution is 2.24. The molecule has 15 heavy (non-hydrogen) atoms. The number of benzene rings is 1. The van der Waals surface area contributed by atoms with Gasteiger partial charge in [0.05, 0.1) is 6.10 Å². The zero-order chi connectivity index (χ0) is 10.7. The Hall–Kier alpha value is -1.02. The number of nitrogens with one attached hydrogen (secondary N) is 1. The van der Waals surface area contributed by atoms with Crippen LogP contribution in [0.15, 0.2) is 24.3 Å². The van der Waals surface area contributed by atoms with Crippen LogP contribution in [0.25, 0.3) is 0 Å². The highest BCUT2D eigenvalue weighted by Gasteiger charge is 2.16. The van der Waals surface area contributed by atoms with Crippen molar-refractivity contribution in [1.82, 2.24) is 5.32 Å². The third kappa shape index (κ3) is 2.72. The van der Waals surface area contributed by atoms with E-state index in [1.807, 2.05) is 0 Å². The Labute approximate surface area is 91.6 Å². The van der Waals surface area contributed by atoms with Gasteiger partial charge in [0.25, 0.3) is 0 Å². The summed E-state index contributed by atoms with van der Waals surface area (Å²) in [6.07, 6.45) is 1.51. The molecule has 2 heteroatoms. The van der Waals surface area contributed by atoms with Crippen LogP contribution in [0, 0.1) is 0 Å². The molecule has 1 aromatic rings. The molecule has 0 spiro atoms. The third-order valence-electron chi connectivity index (χ3n) is 2.78. The molecule has 1 N–H and O–H groups in total. The van der Waals surface area contributed by atoms with Crippen molar-refractivity contribution in [3.63, 3.8) is 0 Å². The minimum atomic E-state index is 0.254. The maximum atomic E-state index is 5.62. The van der Waals surface area contributed by atoms with E-state index in [9.17, 15) is 0 Å². The minimum Gasteiger partial charge on any atom is -0.491 e. The Balaban J connectivity index is 2.03. The van der Waals surface area contributed by atoms with Crippen LogP contribution in [-0.4, -0.2) is 19.2 Å². The molecule has 2 rings (SSSR count). The first-order valence-corrected chi connectivity index (χ1v) is 5.73. The maximum absolute atomic E-state index is 5.62. The molecule has 1 atom stereocenters. The molecule has 0 aliphatic carbocycles. The average molecular weight is 205 g/mol. The van der Waals surface area contributed by atoms with E-state index in [0.29, 0.717) is 5.92 Å². The molecular weight excluding hydrogens is 186 g/mol. The monoisotopic (exact) mass is 205 g/mol. The van der Waals surface area contributed by atoms with E-state index in [-0.39, 0.29) is 6.10 Å². The summed E-state index contributed by atoms with van der Waals surface area (Å²) in [7, 11) is 0. The van der Waals surface area contributed by atoms with Crippen molar-refractivity contribution in [1.29, 1.82) is 0 Å². The summed E-state index contributed by atoms with van der Waals surface area (Å²) in [4.78, 5) is 0. The maximum Gasteiger partial charge on any atom is 0.119 e. The molecule has 1 aliphatic rings. The fourth-order valence-electron chi connectivity index (χ4n) is 2.03. The number of rotatable bonds is 3. The molecule has 0 radical (unpaired) electrons. The highest BCUT2D eigenvalue weighted by molar-refractivity contribution is 5.30. The van der Waals surface area contributed by atoms with Gasteiger partial charge in [0.1, 0.15) is 5.75 Å². The number of hydrogen-bond acceptors (Lipinski definition) is 2. The molecule has 82 valence electrons. The first-order valence-electron chi connectivity index (χ1n) is 5.73. The van der Waals surface area contributed by atoms with E-state index >= 15 is 0 Å². The molecule has 0 amide bonds. The van der Waals surface area contributed by atoms with Crippen LogP contribution in [0.5, 0.6) is 5.75 Å². The van der Waals surface area contributed by atoms with Gasteiger partial charge in [0, 0.05) is 6.54 Å². The lowest BCUT2D eigenvalue weighted by Crippen LogP contribution is -2.08. The molecule has 2 nitrogen and oxygen atoms in total. The van der Waals surface area contributed by atoms with Crippen molar-refractivity contribution in [3.05, 3.63) is 29.8 Å². The van der Waals surface area contributed by atoms with Crippen molar-refractivity contribution in [3.8, 4) is 5.75 Å². The van der Waals surface area contributed by atoms with Gasteiger partial charge in [-0.15, -0.1) is 0 Å². The SMILES string of the molecule is CC(C)Oc1ccc(C2CCNC2)cc1. The van der Waals surface area contributed by atoms with E-state index < -0.39 is 0 Å². The quantitative estimate of drug-likeness (QED) is 0.818. The lowest BCUT2D eigenvalue weighted by Gasteiger charge is -2.12. The van der Waals surface area contributed by atoms with Crippen LogP contribution in [0.1, 0.15) is 31.7 Å². The van der Waals surface area contributed by atoms with Gasteiger partial charge in [0.2, 0.25) is 0 Å². The summed E-state index contributed by atoms with van der Waals surface area (Å²) >= 11 is 0. The Morgan fingerprint density at radius 2 is 2.00 bits per heavy atom. The lowest BCUT2D eigenvalue weighted by molar-refractivity contribution is 0.242. The Morgan fingerprint density at radius 1 is 1.27 bits per heavy atom. The van der Waals surface area contributed by atoms with Crippen LogP contribution in [-0.2, 0) is 0 Å². The van der Waals surface area contributed by atoms with Gasteiger partial charge in [-0.3, -0.25) is 0 Å². The second-order valence-electron chi connectivity index (χ2n) is 4.43. The molecule has 1 saturated heterocycles. The predicted octanol–water partition coefficient (Wildman–Crippen LogP) is 2.55. The first kappa shape index (κ1) is 10.5. The Kier molecular flexibility index (Phi) is 3.27. The molecule has 1 fully saturated rings. The topological polar surface area (TPSA) is 21.3 Å². The standard InChI is InChI=1S/C13H19NO/c1-10(2)15-13-5-3-11(4-6-13)12-7-8-14-9-12/h3-6,10,12,14H,7-9H2,1-2H3. The summed E-state index contributed by atoms with van der Waals surface area (Å²) in [6.45, 7) is 6.36. The van der Waals surface area contributed by atoms with Gasteiger partial charge >= 0.3 is 0 Å². The molecular formula is C13H19NO. The van der Waals surface area contributed by atoms with Crippen LogP contribution < -0.4 is 10.1 Å². The fourth-order valence-corrected chi connectivity index (χ4v) is 2.03. The van der Waals surface area contributed by atoms with Crippen molar-refractivity contribution in [2.75, 3.05) is 13.1 Å². The second-order valence-corrected chi connectivity index (χ2v) is 4.43. The number of hydrogen-bond donors (Lipinski definition) is 1. The van der Waals surface area contributed by atoms with E-state index in [2.05, 4.69) is 43.4 Å². The zero-order valence-electron chi connectivity index (χ0n) is 9.49. The van der Waals surface area contributed by atoms with Crippen LogP contribution in [0.3, 0.4) is 0 Å². The van der Waals surface area contributed by atoms with Crippen molar-refractivity contribution in [2.24, 2.45) is 0 Å². The summed E-state index contributed by atoms with van der Waals surface area (Å²) in [5.74, 6) is 1.66. The molecule has 1 aromatic carbocycles. The lowest BCUT2D eigenvalue weighted by atomic mass is 9.98. The van der Waals surface area contributed by atoms with Crippen molar-refractivity contribution in [2.45, 2.75) is 32.3 Å². The van der Waals surface area contributed by atoms with Gasteiger partial charge in [0.15, 0.2) is 0 Å². The minimum absolute atomic E-state index is 0.254. The summed E-state index contributed by atoms with van der Waals surface area (Å²) in [6, 6.07) is 8.53. The summed E-state index contributed by atoms with van der Waals surface area (Å²) in [5.41, 5.74) is 1.43. The molecule has 1 unspecified atom stereocenters. The van der Waals surface area contributed by atoms with E-state index in [1.165, 1.54) is 12.0 Å². The van der Waals surface area contributed by atoms with Crippen molar-refractivity contribution >= 4 is 0 Å². The summed E-state index contributed by atoms with van der Waals surface area (Å²) < 4.78 is 5.62. The van der Waals surface area contributed by atoms with Crippen molar-refractivity contribution < 1.29 is 4.74 Å².